The minimum absolute atomic E-state index is 0.0199. The largest absolute Gasteiger partial charge is 0.456 e. The summed E-state index contributed by atoms with van der Waals surface area (Å²) >= 11 is 0. The van der Waals surface area contributed by atoms with E-state index >= 15 is 0 Å². The third kappa shape index (κ3) is 2.40. The standard InChI is InChI=1S/C17H15NO3/c1-10(17(18)20)11-6-7-16-13(8-11)14(19)9-12-4-2-3-5-15(12)21-16/h2-8,10H,9H2,1H3,(H2,18,20). The van der Waals surface area contributed by atoms with E-state index in [-0.39, 0.29) is 12.2 Å². The molecule has 0 aromatic heterocycles. The first kappa shape index (κ1) is 13.4. The fourth-order valence-corrected chi connectivity index (χ4v) is 2.42. The summed E-state index contributed by atoms with van der Waals surface area (Å²) in [5.41, 5.74) is 7.41. The molecular formula is C17H15NO3. The minimum Gasteiger partial charge on any atom is -0.456 e. The average Bonchev–Trinajstić information content (AvgIpc) is 2.62. The number of nitrogens with two attached hydrogens (primary N) is 1. The van der Waals surface area contributed by atoms with Crippen LogP contribution in [0.15, 0.2) is 42.5 Å². The molecule has 1 amide bonds. The number of primary amides is 1. The number of amides is 1. The molecular weight excluding hydrogens is 266 g/mol. The van der Waals surface area contributed by atoms with Crippen molar-refractivity contribution in [2.45, 2.75) is 19.3 Å². The van der Waals surface area contributed by atoms with Gasteiger partial charge in [0.2, 0.25) is 5.91 Å². The number of fused-ring (bicyclic) bond motifs is 2. The van der Waals surface area contributed by atoms with Gasteiger partial charge in [-0.05, 0) is 30.7 Å². The summed E-state index contributed by atoms with van der Waals surface area (Å²) < 4.78 is 5.83. The van der Waals surface area contributed by atoms with Crippen LogP contribution in [-0.4, -0.2) is 11.7 Å². The van der Waals surface area contributed by atoms with Crippen molar-refractivity contribution in [2.75, 3.05) is 0 Å². The molecule has 1 aliphatic rings. The molecule has 1 heterocycles. The van der Waals surface area contributed by atoms with Crippen molar-refractivity contribution in [3.05, 3.63) is 59.2 Å². The lowest BCUT2D eigenvalue weighted by Gasteiger charge is -2.12. The molecule has 4 nitrogen and oxygen atoms in total. The first-order valence-corrected chi connectivity index (χ1v) is 6.78. The predicted molar refractivity (Wildman–Crippen MR) is 78.6 cm³/mol. The summed E-state index contributed by atoms with van der Waals surface area (Å²) in [4.78, 5) is 23.7. The van der Waals surface area contributed by atoms with E-state index in [9.17, 15) is 9.59 Å². The molecule has 0 fully saturated rings. The van der Waals surface area contributed by atoms with Crippen LogP contribution in [0.1, 0.15) is 34.3 Å². The highest BCUT2D eigenvalue weighted by atomic mass is 16.5. The van der Waals surface area contributed by atoms with Gasteiger partial charge in [0.25, 0.3) is 0 Å². The second kappa shape index (κ2) is 5.05. The van der Waals surface area contributed by atoms with Crippen molar-refractivity contribution in [1.82, 2.24) is 0 Å². The topological polar surface area (TPSA) is 69.4 Å². The lowest BCUT2D eigenvalue weighted by molar-refractivity contribution is -0.119. The second-order valence-corrected chi connectivity index (χ2v) is 5.19. The molecule has 0 saturated heterocycles. The van der Waals surface area contributed by atoms with Gasteiger partial charge in [-0.15, -0.1) is 0 Å². The van der Waals surface area contributed by atoms with Crippen molar-refractivity contribution in [3.8, 4) is 11.5 Å². The number of para-hydroxylation sites is 1. The molecule has 4 heteroatoms. The zero-order chi connectivity index (χ0) is 15.0. The number of carbonyl (C=O) groups excluding carboxylic acids is 2. The van der Waals surface area contributed by atoms with Crippen molar-refractivity contribution >= 4 is 11.7 Å². The number of Topliss-reactive ketones (excluding diaryl/α,β-unsaturated/α-hetero) is 1. The van der Waals surface area contributed by atoms with Crippen LogP contribution >= 0.6 is 0 Å². The molecule has 0 aliphatic carbocycles. The molecule has 0 spiro atoms. The molecule has 1 atom stereocenters. The Morgan fingerprint density at radius 3 is 2.71 bits per heavy atom. The Bertz CT molecular complexity index is 737. The zero-order valence-corrected chi connectivity index (χ0v) is 11.6. The lowest BCUT2D eigenvalue weighted by Crippen LogP contribution is -2.19. The molecule has 0 bridgehead atoms. The van der Waals surface area contributed by atoms with Crippen LogP contribution in [0.3, 0.4) is 0 Å². The predicted octanol–water partition coefficient (Wildman–Crippen LogP) is 2.81. The number of carbonyl (C=O) groups is 2. The van der Waals surface area contributed by atoms with E-state index in [4.69, 9.17) is 10.5 Å². The molecule has 1 aliphatic heterocycles. The first-order chi connectivity index (χ1) is 10.1. The fraction of sp³-hybridized carbons (Fsp3) is 0.176. The Hall–Kier alpha value is -2.62. The first-order valence-electron chi connectivity index (χ1n) is 6.78. The monoisotopic (exact) mass is 281 g/mol. The van der Waals surface area contributed by atoms with E-state index < -0.39 is 11.8 Å². The third-order valence-electron chi connectivity index (χ3n) is 3.77. The minimum atomic E-state index is -0.436. The Labute approximate surface area is 122 Å². The third-order valence-corrected chi connectivity index (χ3v) is 3.77. The molecule has 0 saturated carbocycles. The summed E-state index contributed by atoms with van der Waals surface area (Å²) in [6.07, 6.45) is 0.289. The molecule has 2 aromatic rings. The van der Waals surface area contributed by atoms with E-state index in [1.807, 2.05) is 24.3 Å². The van der Waals surface area contributed by atoms with Gasteiger partial charge in [0.15, 0.2) is 5.78 Å². The van der Waals surface area contributed by atoms with Crippen LogP contribution < -0.4 is 10.5 Å². The van der Waals surface area contributed by atoms with Gasteiger partial charge in [-0.3, -0.25) is 9.59 Å². The van der Waals surface area contributed by atoms with Crippen molar-refractivity contribution < 1.29 is 14.3 Å². The molecule has 0 radical (unpaired) electrons. The normalized spacial score (nSPS) is 14.4. The van der Waals surface area contributed by atoms with Gasteiger partial charge in [-0.2, -0.15) is 0 Å². The van der Waals surface area contributed by atoms with E-state index in [0.29, 0.717) is 17.1 Å². The molecule has 2 aromatic carbocycles. The smallest absolute Gasteiger partial charge is 0.224 e. The Morgan fingerprint density at radius 2 is 1.95 bits per heavy atom. The summed E-state index contributed by atoms with van der Waals surface area (Å²) in [5.74, 6) is 0.341. The SMILES string of the molecule is CC(C(N)=O)c1ccc2c(c1)C(=O)Cc1ccccc1O2. The summed E-state index contributed by atoms with van der Waals surface area (Å²) in [7, 11) is 0. The van der Waals surface area contributed by atoms with Crippen LogP contribution in [0.2, 0.25) is 0 Å². The second-order valence-electron chi connectivity index (χ2n) is 5.19. The van der Waals surface area contributed by atoms with Gasteiger partial charge in [0.05, 0.1) is 11.5 Å². The van der Waals surface area contributed by atoms with Crippen LogP contribution in [0.5, 0.6) is 11.5 Å². The van der Waals surface area contributed by atoms with Crippen LogP contribution in [-0.2, 0) is 11.2 Å². The lowest BCUT2D eigenvalue weighted by atomic mass is 9.95. The number of hydrogen-bond donors (Lipinski definition) is 1. The van der Waals surface area contributed by atoms with Gasteiger partial charge in [0, 0.05) is 12.0 Å². The fourth-order valence-electron chi connectivity index (χ4n) is 2.42. The van der Waals surface area contributed by atoms with Crippen molar-refractivity contribution in [2.24, 2.45) is 5.73 Å². The van der Waals surface area contributed by atoms with E-state index in [1.165, 1.54) is 0 Å². The van der Waals surface area contributed by atoms with Crippen LogP contribution in [0, 0.1) is 0 Å². The highest BCUT2D eigenvalue weighted by Crippen LogP contribution is 2.34. The highest BCUT2D eigenvalue weighted by Gasteiger charge is 2.23. The number of ether oxygens (including phenoxy) is 1. The van der Waals surface area contributed by atoms with E-state index in [1.54, 1.807) is 25.1 Å². The van der Waals surface area contributed by atoms with Crippen LogP contribution in [0.25, 0.3) is 0 Å². The summed E-state index contributed by atoms with van der Waals surface area (Å²) in [6, 6.07) is 12.7. The molecule has 106 valence electrons. The molecule has 1 unspecified atom stereocenters. The van der Waals surface area contributed by atoms with Gasteiger partial charge in [0.1, 0.15) is 11.5 Å². The van der Waals surface area contributed by atoms with Crippen molar-refractivity contribution in [1.29, 1.82) is 0 Å². The van der Waals surface area contributed by atoms with Gasteiger partial charge < -0.3 is 10.5 Å². The van der Waals surface area contributed by atoms with Crippen LogP contribution in [0.4, 0.5) is 0 Å². The Balaban J connectivity index is 2.06. The zero-order valence-electron chi connectivity index (χ0n) is 11.6. The van der Waals surface area contributed by atoms with Gasteiger partial charge in [-0.25, -0.2) is 0 Å². The molecule has 2 N–H and O–H groups in total. The number of hydrogen-bond acceptors (Lipinski definition) is 3. The number of rotatable bonds is 2. The maximum absolute atomic E-state index is 12.4. The average molecular weight is 281 g/mol. The number of benzene rings is 2. The maximum Gasteiger partial charge on any atom is 0.224 e. The van der Waals surface area contributed by atoms with Crippen molar-refractivity contribution in [3.63, 3.8) is 0 Å². The Kier molecular flexibility index (Phi) is 3.22. The Morgan fingerprint density at radius 1 is 1.19 bits per heavy atom. The molecule has 3 rings (SSSR count). The van der Waals surface area contributed by atoms with Gasteiger partial charge >= 0.3 is 0 Å². The molecule has 21 heavy (non-hydrogen) atoms. The summed E-state index contributed by atoms with van der Waals surface area (Å²) in [6.45, 7) is 1.72. The van der Waals surface area contributed by atoms with E-state index in [2.05, 4.69) is 0 Å². The highest BCUT2D eigenvalue weighted by molar-refractivity contribution is 6.01. The number of ketones is 1. The maximum atomic E-state index is 12.4. The summed E-state index contributed by atoms with van der Waals surface area (Å²) in [5, 5.41) is 0. The van der Waals surface area contributed by atoms with Gasteiger partial charge in [-0.1, -0.05) is 24.3 Å². The van der Waals surface area contributed by atoms with E-state index in [0.717, 1.165) is 11.1 Å². The quantitative estimate of drug-likeness (QED) is 0.920.